The lowest BCUT2D eigenvalue weighted by Gasteiger charge is -2.19. The minimum Gasteiger partial charge on any atom is -0.482 e. The molecule has 0 aliphatic carbocycles. The molecule has 6 nitrogen and oxygen atoms in total. The van der Waals surface area contributed by atoms with E-state index in [4.69, 9.17) is 27.9 Å². The lowest BCUT2D eigenvalue weighted by atomic mass is 10.3. The first-order chi connectivity index (χ1) is 11.0. The van der Waals surface area contributed by atoms with Gasteiger partial charge < -0.3 is 20.3 Å². The Balaban J connectivity index is 2.23. The van der Waals surface area contributed by atoms with Crippen molar-refractivity contribution in [3.8, 4) is 5.75 Å². The van der Waals surface area contributed by atoms with Gasteiger partial charge in [0.05, 0.1) is 5.02 Å². The molecule has 0 aromatic heterocycles. The quantitative estimate of drug-likeness (QED) is 0.699. The van der Waals surface area contributed by atoms with Gasteiger partial charge in [-0.2, -0.15) is 0 Å². The number of benzene rings is 1. The second-order valence-corrected chi connectivity index (χ2v) is 5.46. The number of hydrogen-bond donors (Lipinski definition) is 2. The molecule has 0 spiro atoms. The summed E-state index contributed by atoms with van der Waals surface area (Å²) in [6.45, 7) is 5.61. The molecule has 0 unspecified atom stereocenters. The third kappa shape index (κ3) is 6.97. The van der Waals surface area contributed by atoms with Crippen molar-refractivity contribution in [1.82, 2.24) is 15.5 Å². The summed E-state index contributed by atoms with van der Waals surface area (Å²) in [6, 6.07) is 4.62. The van der Waals surface area contributed by atoms with E-state index in [0.717, 1.165) is 0 Å². The molecule has 128 valence electrons. The van der Waals surface area contributed by atoms with Gasteiger partial charge in [0.2, 0.25) is 0 Å². The first-order valence-corrected chi connectivity index (χ1v) is 8.10. The Morgan fingerprint density at radius 2 is 1.78 bits per heavy atom. The van der Waals surface area contributed by atoms with Crippen LogP contribution in [-0.2, 0) is 4.79 Å². The van der Waals surface area contributed by atoms with Crippen LogP contribution in [0.3, 0.4) is 0 Å². The van der Waals surface area contributed by atoms with Crippen molar-refractivity contribution in [2.75, 3.05) is 32.8 Å². The topological polar surface area (TPSA) is 70.7 Å². The smallest absolute Gasteiger partial charge is 0.317 e. The number of nitrogens with one attached hydrogen (secondary N) is 2. The molecular formula is C15H21Cl2N3O3. The highest BCUT2D eigenvalue weighted by molar-refractivity contribution is 6.35. The Bertz CT molecular complexity index is 537. The predicted octanol–water partition coefficient (Wildman–Crippen LogP) is 2.54. The number of carbonyl (C=O) groups excluding carboxylic acids is 2. The van der Waals surface area contributed by atoms with Gasteiger partial charge >= 0.3 is 6.03 Å². The third-order valence-corrected chi connectivity index (χ3v) is 3.56. The van der Waals surface area contributed by atoms with Crippen molar-refractivity contribution in [3.05, 3.63) is 28.2 Å². The monoisotopic (exact) mass is 361 g/mol. The molecule has 23 heavy (non-hydrogen) atoms. The maximum absolute atomic E-state index is 11.7. The zero-order valence-electron chi connectivity index (χ0n) is 13.2. The van der Waals surface area contributed by atoms with Crippen LogP contribution in [0.15, 0.2) is 18.2 Å². The van der Waals surface area contributed by atoms with Crippen molar-refractivity contribution in [2.45, 2.75) is 13.8 Å². The summed E-state index contributed by atoms with van der Waals surface area (Å²) in [5, 5.41) is 6.21. The van der Waals surface area contributed by atoms with Gasteiger partial charge in [-0.3, -0.25) is 4.79 Å². The second kappa shape index (κ2) is 10.2. The normalized spacial score (nSPS) is 10.1. The number of nitrogens with zero attached hydrogens (tertiary/aromatic N) is 1. The number of ether oxygens (including phenoxy) is 1. The summed E-state index contributed by atoms with van der Waals surface area (Å²) >= 11 is 11.7. The molecule has 3 amide bonds. The molecule has 8 heteroatoms. The van der Waals surface area contributed by atoms with E-state index in [2.05, 4.69) is 10.6 Å². The number of urea groups is 1. The first kappa shape index (κ1) is 19.4. The summed E-state index contributed by atoms with van der Waals surface area (Å²) in [7, 11) is 0. The summed E-state index contributed by atoms with van der Waals surface area (Å²) in [6.07, 6.45) is 0. The van der Waals surface area contributed by atoms with Crippen LogP contribution in [0.5, 0.6) is 5.75 Å². The van der Waals surface area contributed by atoms with E-state index in [9.17, 15) is 9.59 Å². The summed E-state index contributed by atoms with van der Waals surface area (Å²) < 4.78 is 5.31. The van der Waals surface area contributed by atoms with Crippen molar-refractivity contribution in [2.24, 2.45) is 0 Å². The maximum atomic E-state index is 11.7. The van der Waals surface area contributed by atoms with E-state index >= 15 is 0 Å². The van der Waals surface area contributed by atoms with Crippen molar-refractivity contribution < 1.29 is 14.3 Å². The summed E-state index contributed by atoms with van der Waals surface area (Å²) in [5.74, 6) is 0.0918. The number of amides is 3. The minimum absolute atomic E-state index is 0.145. The van der Waals surface area contributed by atoms with E-state index in [1.807, 2.05) is 13.8 Å². The van der Waals surface area contributed by atoms with Crippen LogP contribution in [0, 0.1) is 0 Å². The molecule has 2 N–H and O–H groups in total. The molecule has 0 aliphatic rings. The van der Waals surface area contributed by atoms with Crippen molar-refractivity contribution in [1.29, 1.82) is 0 Å². The van der Waals surface area contributed by atoms with Gasteiger partial charge in [-0.05, 0) is 32.0 Å². The molecule has 0 bridgehead atoms. The van der Waals surface area contributed by atoms with Crippen molar-refractivity contribution >= 4 is 35.1 Å². The number of hydrogen-bond acceptors (Lipinski definition) is 3. The Morgan fingerprint density at radius 1 is 1.13 bits per heavy atom. The van der Waals surface area contributed by atoms with Crippen LogP contribution >= 0.6 is 23.2 Å². The molecule has 0 aliphatic heterocycles. The van der Waals surface area contributed by atoms with Gasteiger partial charge in [-0.1, -0.05) is 23.2 Å². The summed E-state index contributed by atoms with van der Waals surface area (Å²) in [5.41, 5.74) is 0. The van der Waals surface area contributed by atoms with Crippen LogP contribution in [0.25, 0.3) is 0 Å². The molecule has 0 fully saturated rings. The van der Waals surface area contributed by atoms with Crippen molar-refractivity contribution in [3.63, 3.8) is 0 Å². The van der Waals surface area contributed by atoms with Crippen LogP contribution in [0.2, 0.25) is 10.0 Å². The SMILES string of the molecule is CCN(CC)C(=O)NCCNC(=O)COc1ccc(Cl)cc1Cl. The largest absolute Gasteiger partial charge is 0.482 e. The van der Waals surface area contributed by atoms with Crippen LogP contribution in [0.1, 0.15) is 13.8 Å². The van der Waals surface area contributed by atoms with Crippen LogP contribution in [-0.4, -0.2) is 49.6 Å². The fourth-order valence-electron chi connectivity index (χ4n) is 1.78. The molecule has 0 saturated heterocycles. The number of carbonyl (C=O) groups is 2. The van der Waals surface area contributed by atoms with Gasteiger partial charge in [0.15, 0.2) is 6.61 Å². The Hall–Kier alpha value is -1.66. The Labute approximate surface area is 146 Å². The highest BCUT2D eigenvalue weighted by atomic mass is 35.5. The molecule has 1 rings (SSSR count). The molecule has 0 atom stereocenters. The standard InChI is InChI=1S/C15H21Cl2N3O3/c1-3-20(4-2)15(22)19-8-7-18-14(21)10-23-13-6-5-11(16)9-12(13)17/h5-6,9H,3-4,7-8,10H2,1-2H3,(H,18,21)(H,19,22). The van der Waals surface area contributed by atoms with Gasteiger partial charge in [0, 0.05) is 31.2 Å². The van der Waals surface area contributed by atoms with Gasteiger partial charge in [-0.25, -0.2) is 4.79 Å². The highest BCUT2D eigenvalue weighted by Crippen LogP contribution is 2.27. The molecule has 0 heterocycles. The molecule has 1 aromatic carbocycles. The molecule has 1 aromatic rings. The zero-order chi connectivity index (χ0) is 17.2. The summed E-state index contributed by atoms with van der Waals surface area (Å²) in [4.78, 5) is 25.0. The molecule has 0 saturated carbocycles. The lowest BCUT2D eigenvalue weighted by Crippen LogP contribution is -2.43. The fraction of sp³-hybridized carbons (Fsp3) is 0.467. The van der Waals surface area contributed by atoms with Crippen LogP contribution in [0.4, 0.5) is 4.79 Å². The van der Waals surface area contributed by atoms with Crippen LogP contribution < -0.4 is 15.4 Å². The Morgan fingerprint density at radius 3 is 2.39 bits per heavy atom. The fourth-order valence-corrected chi connectivity index (χ4v) is 2.24. The van der Waals surface area contributed by atoms with E-state index in [-0.39, 0.29) is 18.5 Å². The van der Waals surface area contributed by atoms with Gasteiger partial charge in [0.25, 0.3) is 5.91 Å². The second-order valence-electron chi connectivity index (χ2n) is 4.62. The molecule has 0 radical (unpaired) electrons. The Kier molecular flexibility index (Phi) is 8.58. The highest BCUT2D eigenvalue weighted by Gasteiger charge is 2.09. The lowest BCUT2D eigenvalue weighted by molar-refractivity contribution is -0.123. The van der Waals surface area contributed by atoms with Gasteiger partial charge in [-0.15, -0.1) is 0 Å². The van der Waals surface area contributed by atoms with Gasteiger partial charge in [0.1, 0.15) is 5.75 Å². The number of halogens is 2. The molecular weight excluding hydrogens is 341 g/mol. The zero-order valence-corrected chi connectivity index (χ0v) is 14.7. The average Bonchev–Trinajstić information content (AvgIpc) is 2.52. The third-order valence-electron chi connectivity index (χ3n) is 3.03. The van der Waals surface area contributed by atoms with E-state index in [1.165, 1.54) is 0 Å². The van der Waals surface area contributed by atoms with E-state index in [0.29, 0.717) is 42.0 Å². The first-order valence-electron chi connectivity index (χ1n) is 7.35. The van der Waals surface area contributed by atoms with E-state index < -0.39 is 0 Å². The average molecular weight is 362 g/mol. The minimum atomic E-state index is -0.298. The van der Waals surface area contributed by atoms with E-state index in [1.54, 1.807) is 23.1 Å². The number of rotatable bonds is 8. The predicted molar refractivity (Wildman–Crippen MR) is 91.3 cm³/mol. The maximum Gasteiger partial charge on any atom is 0.317 e.